The first-order valence-electron chi connectivity index (χ1n) is 9.00. The molecule has 4 nitrogen and oxygen atoms in total. The summed E-state index contributed by atoms with van der Waals surface area (Å²) in [4.78, 5) is 11.6. The van der Waals surface area contributed by atoms with E-state index in [0.29, 0.717) is 23.4 Å². The van der Waals surface area contributed by atoms with Crippen molar-refractivity contribution in [3.63, 3.8) is 0 Å². The first-order valence-corrected chi connectivity index (χ1v) is 9.00. The van der Waals surface area contributed by atoms with E-state index >= 15 is 0 Å². The smallest absolute Gasteiger partial charge is 0.337 e. The van der Waals surface area contributed by atoms with Crippen molar-refractivity contribution in [2.24, 2.45) is 11.8 Å². The van der Waals surface area contributed by atoms with E-state index in [2.05, 4.69) is 5.32 Å². The van der Waals surface area contributed by atoms with Crippen LogP contribution in [0.2, 0.25) is 0 Å². The van der Waals surface area contributed by atoms with Gasteiger partial charge in [0.25, 0.3) is 0 Å². The van der Waals surface area contributed by atoms with E-state index in [-0.39, 0.29) is 18.5 Å². The van der Waals surface area contributed by atoms with Gasteiger partial charge in [0.1, 0.15) is 0 Å². The number of fused-ring (bicyclic) bond motifs is 3. The standard InChI is InChI=1S/C19H25NO3.ClH/c21-19(22)15-9-4-8-14-17(15)20-16(12-6-2-1-3-7-12)13-10-5-11-23-18(13)14;/h4,8-9,12-13,16,18,20H,1-3,5-7,10-11H2,(H,21,22);1H. The molecule has 0 spiro atoms. The van der Waals surface area contributed by atoms with Gasteiger partial charge in [-0.2, -0.15) is 0 Å². The second-order valence-corrected chi connectivity index (χ2v) is 7.24. The summed E-state index contributed by atoms with van der Waals surface area (Å²) < 4.78 is 6.13. The summed E-state index contributed by atoms with van der Waals surface area (Å²) in [6.07, 6.45) is 8.80. The van der Waals surface area contributed by atoms with Crippen molar-refractivity contribution in [3.05, 3.63) is 29.3 Å². The molecule has 1 saturated carbocycles. The summed E-state index contributed by atoms with van der Waals surface area (Å²) in [5.41, 5.74) is 2.23. The Kier molecular flexibility index (Phi) is 5.36. The molecule has 2 fully saturated rings. The molecule has 3 atom stereocenters. The number of halogens is 1. The summed E-state index contributed by atoms with van der Waals surface area (Å²) in [6.45, 7) is 0.787. The molecule has 3 unspecified atom stereocenters. The van der Waals surface area contributed by atoms with Gasteiger partial charge in [-0.05, 0) is 37.7 Å². The average Bonchev–Trinajstić information content (AvgIpc) is 2.61. The van der Waals surface area contributed by atoms with E-state index in [0.717, 1.165) is 24.3 Å². The van der Waals surface area contributed by atoms with Crippen molar-refractivity contribution in [2.75, 3.05) is 11.9 Å². The van der Waals surface area contributed by atoms with Crippen molar-refractivity contribution >= 4 is 24.1 Å². The van der Waals surface area contributed by atoms with Crippen molar-refractivity contribution in [1.82, 2.24) is 0 Å². The molecular formula is C19H26ClNO3. The van der Waals surface area contributed by atoms with Crippen LogP contribution in [0.5, 0.6) is 0 Å². The molecule has 0 aromatic heterocycles. The summed E-state index contributed by atoms with van der Waals surface area (Å²) in [5, 5.41) is 13.2. The molecule has 1 saturated heterocycles. The zero-order chi connectivity index (χ0) is 15.8. The maximum absolute atomic E-state index is 11.6. The normalized spacial score (nSPS) is 29.6. The third-order valence-electron chi connectivity index (χ3n) is 5.93. The Morgan fingerprint density at radius 2 is 1.92 bits per heavy atom. The minimum atomic E-state index is -0.856. The summed E-state index contributed by atoms with van der Waals surface area (Å²) in [6, 6.07) is 5.94. The Labute approximate surface area is 149 Å². The van der Waals surface area contributed by atoms with Gasteiger partial charge in [0.2, 0.25) is 0 Å². The highest BCUT2D eigenvalue weighted by Crippen LogP contribution is 2.48. The molecule has 5 heteroatoms. The van der Waals surface area contributed by atoms with Gasteiger partial charge >= 0.3 is 5.97 Å². The van der Waals surface area contributed by atoms with E-state index in [1.165, 1.54) is 38.5 Å². The molecule has 2 N–H and O–H groups in total. The Morgan fingerprint density at radius 1 is 1.12 bits per heavy atom. The fraction of sp³-hybridized carbons (Fsp3) is 0.632. The molecule has 2 heterocycles. The van der Waals surface area contributed by atoms with E-state index < -0.39 is 5.97 Å². The van der Waals surface area contributed by atoms with Crippen LogP contribution in [0.4, 0.5) is 5.69 Å². The quantitative estimate of drug-likeness (QED) is 0.814. The van der Waals surface area contributed by atoms with Gasteiger partial charge in [0.15, 0.2) is 0 Å². The second-order valence-electron chi connectivity index (χ2n) is 7.24. The predicted octanol–water partition coefficient (Wildman–Crippen LogP) is 4.65. The Hall–Kier alpha value is -1.26. The average molecular weight is 352 g/mol. The van der Waals surface area contributed by atoms with Crippen LogP contribution < -0.4 is 5.32 Å². The number of carboxylic acids is 1. The molecule has 4 rings (SSSR count). The zero-order valence-electron chi connectivity index (χ0n) is 13.9. The Balaban J connectivity index is 0.00000169. The van der Waals surface area contributed by atoms with Gasteiger partial charge in [-0.25, -0.2) is 4.79 Å². The van der Waals surface area contributed by atoms with Gasteiger partial charge in [0, 0.05) is 24.1 Å². The maximum atomic E-state index is 11.6. The lowest BCUT2D eigenvalue weighted by Crippen LogP contribution is -2.46. The number of aromatic carboxylic acids is 1. The van der Waals surface area contributed by atoms with E-state index in [1.54, 1.807) is 6.07 Å². The first-order chi connectivity index (χ1) is 11.3. The molecular weight excluding hydrogens is 326 g/mol. The maximum Gasteiger partial charge on any atom is 0.337 e. The lowest BCUT2D eigenvalue weighted by atomic mass is 9.71. The van der Waals surface area contributed by atoms with Gasteiger partial charge in [0.05, 0.1) is 17.4 Å². The molecule has 0 radical (unpaired) electrons. The number of carbonyl (C=O) groups is 1. The number of hydrogen-bond donors (Lipinski definition) is 2. The molecule has 132 valence electrons. The fourth-order valence-corrected chi connectivity index (χ4v) is 4.87. The number of hydrogen-bond acceptors (Lipinski definition) is 3. The number of para-hydroxylation sites is 1. The highest BCUT2D eigenvalue weighted by molar-refractivity contribution is 5.95. The van der Waals surface area contributed by atoms with Crippen LogP contribution in [0, 0.1) is 11.8 Å². The third kappa shape index (κ3) is 3.02. The molecule has 1 aromatic carbocycles. The Morgan fingerprint density at radius 3 is 2.67 bits per heavy atom. The van der Waals surface area contributed by atoms with Crippen LogP contribution in [-0.4, -0.2) is 23.7 Å². The molecule has 2 aliphatic heterocycles. The minimum absolute atomic E-state index is 0. The molecule has 1 aromatic rings. The lowest BCUT2D eigenvalue weighted by molar-refractivity contribution is -0.0458. The summed E-state index contributed by atoms with van der Waals surface area (Å²) in [5.74, 6) is 0.266. The van der Waals surface area contributed by atoms with Gasteiger partial charge in [-0.3, -0.25) is 0 Å². The van der Waals surface area contributed by atoms with Crippen LogP contribution in [0.25, 0.3) is 0 Å². The second kappa shape index (κ2) is 7.32. The van der Waals surface area contributed by atoms with Gasteiger partial charge < -0.3 is 15.2 Å². The highest BCUT2D eigenvalue weighted by atomic mass is 35.5. The number of anilines is 1. The summed E-state index contributed by atoms with van der Waals surface area (Å²) >= 11 is 0. The van der Waals surface area contributed by atoms with Crippen molar-refractivity contribution in [3.8, 4) is 0 Å². The molecule has 0 amide bonds. The molecule has 24 heavy (non-hydrogen) atoms. The minimum Gasteiger partial charge on any atom is -0.478 e. The van der Waals surface area contributed by atoms with E-state index in [4.69, 9.17) is 4.74 Å². The number of carboxylic acid groups (broad SMARTS) is 1. The zero-order valence-corrected chi connectivity index (χ0v) is 14.7. The first kappa shape index (κ1) is 17.6. The number of benzene rings is 1. The number of ether oxygens (including phenoxy) is 1. The SMILES string of the molecule is Cl.O=C(O)c1cccc2c1NC(C1CCCCC1)C1CCCOC21. The van der Waals surface area contributed by atoms with Crippen LogP contribution in [0.15, 0.2) is 18.2 Å². The molecule has 1 aliphatic carbocycles. The van der Waals surface area contributed by atoms with Crippen LogP contribution in [0.3, 0.4) is 0 Å². The van der Waals surface area contributed by atoms with Gasteiger partial charge in [-0.1, -0.05) is 31.4 Å². The van der Waals surface area contributed by atoms with Crippen LogP contribution >= 0.6 is 12.4 Å². The van der Waals surface area contributed by atoms with Crippen molar-refractivity contribution in [1.29, 1.82) is 0 Å². The Bertz CT molecular complexity index is 600. The molecule has 3 aliphatic rings. The molecule has 0 bridgehead atoms. The number of nitrogens with one attached hydrogen (secondary N) is 1. The highest BCUT2D eigenvalue weighted by Gasteiger charge is 2.43. The summed E-state index contributed by atoms with van der Waals surface area (Å²) in [7, 11) is 0. The largest absolute Gasteiger partial charge is 0.478 e. The number of rotatable bonds is 2. The fourth-order valence-electron chi connectivity index (χ4n) is 4.87. The lowest BCUT2D eigenvalue weighted by Gasteiger charge is -2.47. The predicted molar refractivity (Wildman–Crippen MR) is 96.1 cm³/mol. The van der Waals surface area contributed by atoms with E-state index in [9.17, 15) is 9.90 Å². The van der Waals surface area contributed by atoms with Crippen molar-refractivity contribution < 1.29 is 14.6 Å². The van der Waals surface area contributed by atoms with Crippen molar-refractivity contribution in [2.45, 2.75) is 57.1 Å². The van der Waals surface area contributed by atoms with Crippen LogP contribution in [-0.2, 0) is 4.74 Å². The monoisotopic (exact) mass is 351 g/mol. The van der Waals surface area contributed by atoms with Gasteiger partial charge in [-0.15, -0.1) is 12.4 Å². The van der Waals surface area contributed by atoms with E-state index in [1.807, 2.05) is 12.1 Å². The van der Waals surface area contributed by atoms with Crippen LogP contribution in [0.1, 0.15) is 67.0 Å². The topological polar surface area (TPSA) is 58.6 Å². The third-order valence-corrected chi connectivity index (χ3v) is 5.93.